The van der Waals surface area contributed by atoms with Crippen molar-refractivity contribution in [3.63, 3.8) is 0 Å². The van der Waals surface area contributed by atoms with Crippen molar-refractivity contribution < 1.29 is 0 Å². The van der Waals surface area contributed by atoms with Gasteiger partial charge < -0.3 is 10.6 Å². The standard InChI is InChI=1S/C15H24N4/c1-11-10-14(18-13-4-2-3-5-13)19-15(17-11)12-6-8-16-9-7-12/h10,12-13,16H,2-9H2,1H3,(H,17,18,19). The van der Waals surface area contributed by atoms with Gasteiger partial charge >= 0.3 is 0 Å². The zero-order valence-corrected chi connectivity index (χ0v) is 11.8. The molecule has 0 bridgehead atoms. The van der Waals surface area contributed by atoms with Crippen molar-refractivity contribution >= 4 is 5.82 Å². The first-order valence-corrected chi connectivity index (χ1v) is 7.64. The Balaban J connectivity index is 1.74. The quantitative estimate of drug-likeness (QED) is 0.877. The number of anilines is 1. The van der Waals surface area contributed by atoms with Crippen molar-refractivity contribution in [1.82, 2.24) is 15.3 Å². The second-order valence-corrected chi connectivity index (χ2v) is 5.90. The molecule has 0 spiro atoms. The average Bonchev–Trinajstić information content (AvgIpc) is 2.92. The minimum Gasteiger partial charge on any atom is -0.367 e. The molecule has 1 aromatic rings. The fourth-order valence-corrected chi connectivity index (χ4v) is 3.21. The molecule has 2 N–H and O–H groups in total. The minimum absolute atomic E-state index is 0.533. The molecule has 0 aromatic carbocycles. The largest absolute Gasteiger partial charge is 0.367 e. The highest BCUT2D eigenvalue weighted by atomic mass is 15.1. The summed E-state index contributed by atoms with van der Waals surface area (Å²) >= 11 is 0. The van der Waals surface area contributed by atoms with E-state index in [0.29, 0.717) is 12.0 Å². The van der Waals surface area contributed by atoms with Gasteiger partial charge in [0, 0.05) is 23.7 Å². The third-order valence-corrected chi connectivity index (χ3v) is 4.28. The SMILES string of the molecule is Cc1cc(NC2CCCC2)nc(C2CCNCC2)n1. The molecule has 0 atom stereocenters. The maximum absolute atomic E-state index is 4.77. The van der Waals surface area contributed by atoms with Gasteiger partial charge in [0.05, 0.1) is 0 Å². The second-order valence-electron chi connectivity index (χ2n) is 5.90. The summed E-state index contributed by atoms with van der Waals surface area (Å²) in [4.78, 5) is 9.42. The van der Waals surface area contributed by atoms with Crippen LogP contribution in [0.5, 0.6) is 0 Å². The Hall–Kier alpha value is -1.16. The lowest BCUT2D eigenvalue weighted by molar-refractivity contribution is 0.444. The summed E-state index contributed by atoms with van der Waals surface area (Å²) in [6.45, 7) is 4.26. The number of piperidine rings is 1. The molecule has 2 heterocycles. The molecule has 1 aliphatic carbocycles. The van der Waals surface area contributed by atoms with Crippen LogP contribution in [-0.4, -0.2) is 29.1 Å². The van der Waals surface area contributed by atoms with Gasteiger partial charge in [-0.3, -0.25) is 0 Å². The number of hydrogen-bond donors (Lipinski definition) is 2. The van der Waals surface area contributed by atoms with Crippen molar-refractivity contribution in [2.45, 2.75) is 57.4 Å². The fourth-order valence-electron chi connectivity index (χ4n) is 3.21. The van der Waals surface area contributed by atoms with Crippen molar-refractivity contribution in [2.24, 2.45) is 0 Å². The Morgan fingerprint density at radius 2 is 1.84 bits per heavy atom. The predicted octanol–water partition coefficient (Wildman–Crippen LogP) is 2.61. The molecule has 0 amide bonds. The van der Waals surface area contributed by atoms with Crippen LogP contribution in [0.3, 0.4) is 0 Å². The third-order valence-electron chi connectivity index (χ3n) is 4.28. The van der Waals surface area contributed by atoms with Gasteiger partial charge in [-0.05, 0) is 45.7 Å². The van der Waals surface area contributed by atoms with E-state index >= 15 is 0 Å². The average molecular weight is 260 g/mol. The molecule has 4 heteroatoms. The lowest BCUT2D eigenvalue weighted by Crippen LogP contribution is -2.28. The van der Waals surface area contributed by atoms with E-state index in [2.05, 4.69) is 28.6 Å². The molecule has 2 fully saturated rings. The Kier molecular flexibility index (Phi) is 3.97. The summed E-state index contributed by atoms with van der Waals surface area (Å²) in [7, 11) is 0. The Morgan fingerprint density at radius 3 is 2.58 bits per heavy atom. The van der Waals surface area contributed by atoms with Crippen LogP contribution >= 0.6 is 0 Å². The highest BCUT2D eigenvalue weighted by Gasteiger charge is 2.20. The van der Waals surface area contributed by atoms with E-state index in [1.807, 2.05) is 0 Å². The van der Waals surface area contributed by atoms with Crippen molar-refractivity contribution in [2.75, 3.05) is 18.4 Å². The first kappa shape index (κ1) is 12.9. The predicted molar refractivity (Wildman–Crippen MR) is 77.5 cm³/mol. The molecule has 1 aromatic heterocycles. The molecule has 104 valence electrons. The number of nitrogens with zero attached hydrogens (tertiary/aromatic N) is 2. The summed E-state index contributed by atoms with van der Waals surface area (Å²) in [6.07, 6.45) is 7.59. The number of aryl methyl sites for hydroxylation is 1. The summed E-state index contributed by atoms with van der Waals surface area (Å²) in [5.41, 5.74) is 1.09. The summed E-state index contributed by atoms with van der Waals surface area (Å²) in [6, 6.07) is 2.71. The maximum atomic E-state index is 4.77. The Bertz CT molecular complexity index is 420. The van der Waals surface area contributed by atoms with Gasteiger partial charge in [0.1, 0.15) is 11.6 Å². The molecule has 19 heavy (non-hydrogen) atoms. The van der Waals surface area contributed by atoms with E-state index in [1.54, 1.807) is 0 Å². The van der Waals surface area contributed by atoms with Gasteiger partial charge in [0.2, 0.25) is 0 Å². The summed E-state index contributed by atoms with van der Waals surface area (Å²) in [5.74, 6) is 2.61. The van der Waals surface area contributed by atoms with Crippen LogP contribution in [0, 0.1) is 6.92 Å². The number of rotatable bonds is 3. The molecular weight excluding hydrogens is 236 g/mol. The van der Waals surface area contributed by atoms with E-state index in [9.17, 15) is 0 Å². The Morgan fingerprint density at radius 1 is 1.11 bits per heavy atom. The second kappa shape index (κ2) is 5.87. The Labute approximate surface area is 115 Å². The molecule has 2 aliphatic rings. The fraction of sp³-hybridized carbons (Fsp3) is 0.733. The van der Waals surface area contributed by atoms with Gasteiger partial charge in [0.15, 0.2) is 0 Å². The number of aromatic nitrogens is 2. The van der Waals surface area contributed by atoms with E-state index in [1.165, 1.54) is 25.7 Å². The van der Waals surface area contributed by atoms with Crippen LogP contribution in [0.1, 0.15) is 56.0 Å². The van der Waals surface area contributed by atoms with Gasteiger partial charge in [-0.2, -0.15) is 0 Å². The van der Waals surface area contributed by atoms with Crippen LogP contribution in [0.25, 0.3) is 0 Å². The van der Waals surface area contributed by atoms with Crippen LogP contribution in [0.2, 0.25) is 0 Å². The monoisotopic (exact) mass is 260 g/mol. The van der Waals surface area contributed by atoms with Crippen LogP contribution in [0.15, 0.2) is 6.07 Å². The normalized spacial score (nSPS) is 21.7. The molecule has 1 saturated heterocycles. The zero-order chi connectivity index (χ0) is 13.1. The third kappa shape index (κ3) is 3.24. The van der Waals surface area contributed by atoms with Gasteiger partial charge in [-0.25, -0.2) is 9.97 Å². The lowest BCUT2D eigenvalue weighted by atomic mass is 9.97. The smallest absolute Gasteiger partial charge is 0.134 e. The van der Waals surface area contributed by atoms with Crippen LogP contribution in [0.4, 0.5) is 5.82 Å². The summed E-state index contributed by atoms with van der Waals surface area (Å²) in [5, 5.41) is 7.00. The minimum atomic E-state index is 0.533. The first-order chi connectivity index (χ1) is 9.31. The molecule has 4 nitrogen and oxygen atoms in total. The van der Waals surface area contributed by atoms with Gasteiger partial charge in [0.25, 0.3) is 0 Å². The summed E-state index contributed by atoms with van der Waals surface area (Å²) < 4.78 is 0. The van der Waals surface area contributed by atoms with E-state index in [4.69, 9.17) is 4.98 Å². The lowest BCUT2D eigenvalue weighted by Gasteiger charge is -2.22. The van der Waals surface area contributed by atoms with Crippen molar-refractivity contribution in [3.8, 4) is 0 Å². The molecule has 0 unspecified atom stereocenters. The van der Waals surface area contributed by atoms with Gasteiger partial charge in [-0.1, -0.05) is 12.8 Å². The molecular formula is C15H24N4. The highest BCUT2D eigenvalue weighted by Crippen LogP contribution is 2.25. The maximum Gasteiger partial charge on any atom is 0.134 e. The van der Waals surface area contributed by atoms with Crippen LogP contribution in [-0.2, 0) is 0 Å². The molecule has 0 radical (unpaired) electrons. The first-order valence-electron chi connectivity index (χ1n) is 7.64. The highest BCUT2D eigenvalue weighted by molar-refractivity contribution is 5.37. The van der Waals surface area contributed by atoms with E-state index < -0.39 is 0 Å². The molecule has 1 aliphatic heterocycles. The number of nitrogens with one attached hydrogen (secondary N) is 2. The van der Waals surface area contributed by atoms with Crippen molar-refractivity contribution in [1.29, 1.82) is 0 Å². The number of hydrogen-bond acceptors (Lipinski definition) is 4. The zero-order valence-electron chi connectivity index (χ0n) is 11.8. The molecule has 1 saturated carbocycles. The van der Waals surface area contributed by atoms with E-state index in [0.717, 1.165) is 43.3 Å². The van der Waals surface area contributed by atoms with Crippen molar-refractivity contribution in [3.05, 3.63) is 17.6 Å². The van der Waals surface area contributed by atoms with Crippen LogP contribution < -0.4 is 10.6 Å². The topological polar surface area (TPSA) is 49.8 Å². The van der Waals surface area contributed by atoms with E-state index in [-0.39, 0.29) is 0 Å². The van der Waals surface area contributed by atoms with Gasteiger partial charge in [-0.15, -0.1) is 0 Å². The molecule has 3 rings (SSSR count).